The summed E-state index contributed by atoms with van der Waals surface area (Å²) in [6, 6.07) is 20.3. The van der Waals surface area contributed by atoms with Crippen molar-refractivity contribution in [3.05, 3.63) is 60.7 Å². The molecule has 0 fully saturated rings. The molecule has 0 saturated heterocycles. The molecule has 0 radical (unpaired) electrons. The monoisotopic (exact) mass is 373 g/mol. The van der Waals surface area contributed by atoms with Crippen LogP contribution in [-0.4, -0.2) is 38.8 Å². The molecule has 0 aromatic heterocycles. The topological polar surface area (TPSA) is 81.8 Å². The number of carbonyl (C=O) groups excluding carboxylic acids is 1. The minimum Gasteiger partial charge on any atom is -0.447 e. The van der Waals surface area contributed by atoms with E-state index in [0.29, 0.717) is 0 Å². The number of ether oxygens (including phenoxy) is 1. The molecule has 0 aliphatic carbocycles. The minimum atomic E-state index is -2.70. The minimum absolute atomic E-state index is 0.0561. The summed E-state index contributed by atoms with van der Waals surface area (Å²) in [5.74, 6) is 0. The van der Waals surface area contributed by atoms with Crippen LogP contribution in [0.5, 0.6) is 0 Å². The van der Waals surface area contributed by atoms with Crippen LogP contribution in [0.4, 0.5) is 4.79 Å². The fourth-order valence-corrected chi connectivity index (χ4v) is 7.81. The van der Waals surface area contributed by atoms with Gasteiger partial charge < -0.3 is 20.0 Å². The van der Waals surface area contributed by atoms with E-state index in [9.17, 15) is 9.90 Å². The first kappa shape index (κ1) is 20.2. The van der Waals surface area contributed by atoms with Crippen LogP contribution < -0.4 is 16.1 Å². The number of hydrogen-bond donors (Lipinski definition) is 2. The lowest BCUT2D eigenvalue weighted by Gasteiger charge is -2.43. The van der Waals surface area contributed by atoms with Gasteiger partial charge in [0.25, 0.3) is 8.32 Å². The van der Waals surface area contributed by atoms with Crippen molar-refractivity contribution in [3.8, 4) is 0 Å². The molecular weight excluding hydrogens is 346 g/mol. The number of amides is 1. The van der Waals surface area contributed by atoms with Gasteiger partial charge in [0, 0.05) is 0 Å². The van der Waals surface area contributed by atoms with Gasteiger partial charge in [0.05, 0.1) is 6.61 Å². The molecule has 0 bridgehead atoms. The van der Waals surface area contributed by atoms with Gasteiger partial charge in [-0.25, -0.2) is 4.79 Å². The Bertz CT molecular complexity index is 661. The maximum absolute atomic E-state index is 10.8. The number of hydrogen-bond acceptors (Lipinski definition) is 4. The highest BCUT2D eigenvalue weighted by atomic mass is 28.4. The Kier molecular flexibility index (Phi) is 6.58. The first-order valence-corrected chi connectivity index (χ1v) is 10.5. The third-order valence-electron chi connectivity index (χ3n) is 4.33. The molecule has 2 aromatic rings. The summed E-state index contributed by atoms with van der Waals surface area (Å²) in [7, 11) is -2.70. The van der Waals surface area contributed by atoms with Gasteiger partial charge in [0.1, 0.15) is 12.7 Å². The molecule has 0 spiro atoms. The molecule has 0 unspecified atom stereocenters. The van der Waals surface area contributed by atoms with E-state index in [1.54, 1.807) is 0 Å². The average Bonchev–Trinajstić information content (AvgIpc) is 2.61. The third-order valence-corrected chi connectivity index (χ3v) is 9.33. The van der Waals surface area contributed by atoms with E-state index in [1.165, 1.54) is 0 Å². The standard InChI is InChI=1S/C20H27NO4Si/c1-20(2,3)26(17-10-6-4-7-11-17,18-12-8-5-9-13-18)25-15-16(22)14-24-19(21)23/h4-13,16,22H,14-15H2,1-3H3,(H2,21,23)/t16-/m1/s1. The van der Waals surface area contributed by atoms with E-state index < -0.39 is 20.5 Å². The number of carbonyl (C=O) groups is 1. The summed E-state index contributed by atoms with van der Waals surface area (Å²) in [6.45, 7) is 6.34. The second kappa shape index (κ2) is 8.49. The van der Waals surface area contributed by atoms with Gasteiger partial charge in [0.15, 0.2) is 0 Å². The maximum Gasteiger partial charge on any atom is 0.404 e. The average molecular weight is 374 g/mol. The van der Waals surface area contributed by atoms with Crippen molar-refractivity contribution in [2.75, 3.05) is 13.2 Å². The van der Waals surface area contributed by atoms with E-state index in [0.717, 1.165) is 10.4 Å². The zero-order chi connectivity index (χ0) is 19.2. The summed E-state index contributed by atoms with van der Waals surface area (Å²) >= 11 is 0. The van der Waals surface area contributed by atoms with Crippen LogP contribution in [0, 0.1) is 0 Å². The second-order valence-corrected chi connectivity index (χ2v) is 11.6. The fourth-order valence-electron chi connectivity index (χ4n) is 3.21. The van der Waals surface area contributed by atoms with Gasteiger partial charge in [0.2, 0.25) is 0 Å². The van der Waals surface area contributed by atoms with Crippen molar-refractivity contribution in [2.24, 2.45) is 5.73 Å². The van der Waals surface area contributed by atoms with Crippen molar-refractivity contribution < 1.29 is 19.1 Å². The van der Waals surface area contributed by atoms with Crippen molar-refractivity contribution in [1.29, 1.82) is 0 Å². The molecule has 5 nitrogen and oxygen atoms in total. The van der Waals surface area contributed by atoms with Crippen LogP contribution in [0.2, 0.25) is 5.04 Å². The van der Waals surface area contributed by atoms with E-state index in [-0.39, 0.29) is 18.3 Å². The first-order valence-electron chi connectivity index (χ1n) is 8.62. The third kappa shape index (κ3) is 4.52. The Morgan fingerprint density at radius 1 is 1.00 bits per heavy atom. The van der Waals surface area contributed by atoms with E-state index in [1.807, 2.05) is 36.4 Å². The summed E-state index contributed by atoms with van der Waals surface area (Å²) in [6.07, 6.45) is -1.85. The van der Waals surface area contributed by atoms with Crippen molar-refractivity contribution in [1.82, 2.24) is 0 Å². The smallest absolute Gasteiger partial charge is 0.404 e. The predicted molar refractivity (Wildman–Crippen MR) is 105 cm³/mol. The van der Waals surface area contributed by atoms with Gasteiger partial charge in [-0.05, 0) is 15.4 Å². The Balaban J connectivity index is 2.42. The first-order chi connectivity index (χ1) is 12.3. The van der Waals surface area contributed by atoms with Crippen LogP contribution in [0.25, 0.3) is 0 Å². The predicted octanol–water partition coefficient (Wildman–Crippen LogP) is 2.02. The van der Waals surface area contributed by atoms with Crippen LogP contribution in [-0.2, 0) is 9.16 Å². The number of rotatable bonds is 7. The number of nitrogens with two attached hydrogens (primary N) is 1. The number of benzene rings is 2. The van der Waals surface area contributed by atoms with Crippen LogP contribution in [0.1, 0.15) is 20.8 Å². The van der Waals surface area contributed by atoms with E-state index in [2.05, 4.69) is 45.0 Å². The maximum atomic E-state index is 10.8. The zero-order valence-corrected chi connectivity index (χ0v) is 16.5. The van der Waals surface area contributed by atoms with Gasteiger partial charge in [-0.15, -0.1) is 0 Å². The number of primary amides is 1. The summed E-state index contributed by atoms with van der Waals surface area (Å²) < 4.78 is 11.2. The molecule has 1 atom stereocenters. The summed E-state index contributed by atoms with van der Waals surface area (Å²) in [5, 5.41) is 12.3. The van der Waals surface area contributed by atoms with Gasteiger partial charge >= 0.3 is 6.09 Å². The highest BCUT2D eigenvalue weighted by molar-refractivity contribution is 6.99. The summed E-state index contributed by atoms with van der Waals surface area (Å²) in [4.78, 5) is 10.8. The van der Waals surface area contributed by atoms with Crippen molar-refractivity contribution in [3.63, 3.8) is 0 Å². The zero-order valence-electron chi connectivity index (χ0n) is 15.5. The van der Waals surface area contributed by atoms with Crippen LogP contribution in [0.3, 0.4) is 0 Å². The Labute approximate surface area is 155 Å². The fraction of sp³-hybridized carbons (Fsp3) is 0.350. The number of aliphatic hydroxyl groups is 1. The van der Waals surface area contributed by atoms with E-state index in [4.69, 9.17) is 14.9 Å². The SMILES string of the molecule is CC(C)(C)[Si](OC[C@H](O)COC(N)=O)(c1ccccc1)c1ccccc1. The molecule has 1 amide bonds. The van der Waals surface area contributed by atoms with E-state index >= 15 is 0 Å². The lowest BCUT2D eigenvalue weighted by molar-refractivity contribution is 0.0393. The van der Waals surface area contributed by atoms with Crippen molar-refractivity contribution in [2.45, 2.75) is 31.9 Å². The van der Waals surface area contributed by atoms with Crippen LogP contribution >= 0.6 is 0 Å². The molecule has 0 heterocycles. The summed E-state index contributed by atoms with van der Waals surface area (Å²) in [5.41, 5.74) is 4.97. The molecule has 0 aliphatic heterocycles. The Morgan fingerprint density at radius 2 is 1.46 bits per heavy atom. The largest absolute Gasteiger partial charge is 0.447 e. The highest BCUT2D eigenvalue weighted by Gasteiger charge is 2.50. The molecule has 26 heavy (non-hydrogen) atoms. The van der Waals surface area contributed by atoms with Gasteiger partial charge in [-0.2, -0.15) is 0 Å². The molecule has 2 rings (SSSR count). The highest BCUT2D eigenvalue weighted by Crippen LogP contribution is 2.36. The molecule has 0 aliphatic rings. The molecule has 6 heteroatoms. The van der Waals surface area contributed by atoms with Gasteiger partial charge in [-0.3, -0.25) is 0 Å². The lowest BCUT2D eigenvalue weighted by Crippen LogP contribution is -2.67. The molecule has 140 valence electrons. The van der Waals surface area contributed by atoms with Crippen LogP contribution in [0.15, 0.2) is 60.7 Å². The molecule has 0 saturated carbocycles. The van der Waals surface area contributed by atoms with Gasteiger partial charge in [-0.1, -0.05) is 81.4 Å². The normalized spacial score (nSPS) is 13.2. The Morgan fingerprint density at radius 3 is 1.85 bits per heavy atom. The molecule has 3 N–H and O–H groups in total. The Hall–Kier alpha value is -2.15. The van der Waals surface area contributed by atoms with Crippen molar-refractivity contribution >= 4 is 24.8 Å². The molecular formula is C20H27NO4Si. The number of aliphatic hydroxyl groups excluding tert-OH is 1. The second-order valence-electron chi connectivity index (χ2n) is 7.26. The molecule has 2 aromatic carbocycles. The lowest BCUT2D eigenvalue weighted by atomic mass is 10.2. The quantitative estimate of drug-likeness (QED) is 0.728.